The Hall–Kier alpha value is -1.82. The van der Waals surface area contributed by atoms with Crippen LogP contribution in [0.25, 0.3) is 0 Å². The van der Waals surface area contributed by atoms with Crippen molar-refractivity contribution < 1.29 is 23.8 Å². The predicted molar refractivity (Wildman–Crippen MR) is 74.9 cm³/mol. The summed E-state index contributed by atoms with van der Waals surface area (Å²) < 4.78 is 24.1. The zero-order valence-electron chi connectivity index (χ0n) is 12.0. The minimum atomic E-state index is -1.56. The quantitative estimate of drug-likeness (QED) is 0.925. The maximum absolute atomic E-state index is 13.8. The Kier molecular flexibility index (Phi) is 5.01. The van der Waals surface area contributed by atoms with E-state index >= 15 is 0 Å². The van der Waals surface area contributed by atoms with E-state index in [-0.39, 0.29) is 32.5 Å². The van der Waals surface area contributed by atoms with Crippen LogP contribution < -0.4 is 4.74 Å². The molecule has 1 aromatic carbocycles. The van der Waals surface area contributed by atoms with Crippen LogP contribution >= 0.6 is 0 Å². The number of piperidine rings is 1. The summed E-state index contributed by atoms with van der Waals surface area (Å²) >= 11 is 0. The Labute approximate surface area is 123 Å². The lowest BCUT2D eigenvalue weighted by Gasteiger charge is -2.34. The highest BCUT2D eigenvalue weighted by atomic mass is 19.1. The van der Waals surface area contributed by atoms with Crippen molar-refractivity contribution in [3.63, 3.8) is 0 Å². The van der Waals surface area contributed by atoms with Gasteiger partial charge in [-0.05, 0) is 17.7 Å². The molecule has 116 valence electrons. The molecule has 1 fully saturated rings. The Morgan fingerprint density at radius 2 is 1.95 bits per heavy atom. The molecule has 1 aliphatic rings. The smallest absolute Gasteiger partial charge is 0.410 e. The van der Waals surface area contributed by atoms with Gasteiger partial charge < -0.3 is 19.5 Å². The number of aliphatic hydroxyl groups is 1. The molecule has 1 heterocycles. The molecule has 1 saturated heterocycles. The minimum Gasteiger partial charge on any atom is -0.497 e. The van der Waals surface area contributed by atoms with Gasteiger partial charge in [-0.15, -0.1) is 0 Å². The molecule has 1 amide bonds. The molecule has 1 aliphatic heterocycles. The van der Waals surface area contributed by atoms with Gasteiger partial charge in [-0.25, -0.2) is 9.18 Å². The van der Waals surface area contributed by atoms with Gasteiger partial charge in [-0.1, -0.05) is 12.1 Å². The van der Waals surface area contributed by atoms with Crippen LogP contribution in [0.3, 0.4) is 0 Å². The van der Waals surface area contributed by atoms with Crippen molar-refractivity contribution in [2.24, 2.45) is 0 Å². The van der Waals surface area contributed by atoms with Crippen LogP contribution in [0.2, 0.25) is 0 Å². The fraction of sp³-hybridized carbons (Fsp3) is 0.533. The third kappa shape index (κ3) is 4.07. The highest BCUT2D eigenvalue weighted by Crippen LogP contribution is 2.26. The second-order valence-corrected chi connectivity index (χ2v) is 5.20. The van der Waals surface area contributed by atoms with E-state index in [4.69, 9.17) is 14.6 Å². The summed E-state index contributed by atoms with van der Waals surface area (Å²) in [5.41, 5.74) is -0.705. The summed E-state index contributed by atoms with van der Waals surface area (Å²) in [7, 11) is 1.59. The lowest BCUT2D eigenvalue weighted by molar-refractivity contribution is 0.00532. The third-order valence-electron chi connectivity index (χ3n) is 3.72. The molecule has 0 bridgehead atoms. The van der Waals surface area contributed by atoms with Crippen molar-refractivity contribution >= 4 is 6.09 Å². The second kappa shape index (κ2) is 6.76. The van der Waals surface area contributed by atoms with Gasteiger partial charge in [-0.2, -0.15) is 0 Å². The van der Waals surface area contributed by atoms with Crippen molar-refractivity contribution in [2.75, 3.05) is 26.8 Å². The molecule has 5 nitrogen and oxygen atoms in total. The third-order valence-corrected chi connectivity index (χ3v) is 3.72. The number of halogens is 1. The first-order chi connectivity index (χ1) is 10.1. The van der Waals surface area contributed by atoms with Crippen LogP contribution in [0.5, 0.6) is 5.75 Å². The molecule has 0 unspecified atom stereocenters. The average Bonchev–Trinajstić information content (AvgIpc) is 2.54. The van der Waals surface area contributed by atoms with E-state index in [0.29, 0.717) is 0 Å². The number of hydrogen-bond donors (Lipinski definition) is 1. The van der Waals surface area contributed by atoms with Crippen molar-refractivity contribution in [3.8, 4) is 5.75 Å². The number of carbonyl (C=O) groups is 1. The standard InChI is InChI=1S/C15H20FNO4/c1-20-13-4-2-12(3-5-13)10-21-14(19)17-8-6-15(16,11-18)7-9-17/h2-5,18H,6-11H2,1H3. The largest absolute Gasteiger partial charge is 0.497 e. The van der Waals surface area contributed by atoms with Crippen LogP contribution in [-0.4, -0.2) is 48.6 Å². The molecular formula is C15H20FNO4. The monoisotopic (exact) mass is 297 g/mol. The van der Waals surface area contributed by atoms with E-state index < -0.39 is 18.4 Å². The van der Waals surface area contributed by atoms with Gasteiger partial charge >= 0.3 is 6.09 Å². The lowest BCUT2D eigenvalue weighted by Crippen LogP contribution is -2.46. The zero-order chi connectivity index (χ0) is 15.3. The van der Waals surface area contributed by atoms with Crippen LogP contribution in [0.1, 0.15) is 18.4 Å². The van der Waals surface area contributed by atoms with Crippen molar-refractivity contribution in [1.29, 1.82) is 0 Å². The number of amides is 1. The van der Waals surface area contributed by atoms with Gasteiger partial charge in [-0.3, -0.25) is 0 Å². The van der Waals surface area contributed by atoms with Gasteiger partial charge in [0, 0.05) is 25.9 Å². The number of benzene rings is 1. The zero-order valence-corrected chi connectivity index (χ0v) is 12.0. The van der Waals surface area contributed by atoms with E-state index in [1.165, 1.54) is 4.90 Å². The van der Waals surface area contributed by atoms with E-state index in [1.54, 1.807) is 19.2 Å². The Bertz CT molecular complexity index is 469. The topological polar surface area (TPSA) is 59.0 Å². The van der Waals surface area contributed by atoms with E-state index in [2.05, 4.69) is 0 Å². The summed E-state index contributed by atoms with van der Waals surface area (Å²) in [4.78, 5) is 13.4. The number of methoxy groups -OCH3 is 1. The molecule has 0 aliphatic carbocycles. The van der Waals surface area contributed by atoms with E-state index in [1.807, 2.05) is 12.1 Å². The highest BCUT2D eigenvalue weighted by molar-refractivity contribution is 5.67. The molecule has 0 spiro atoms. The van der Waals surface area contributed by atoms with Crippen molar-refractivity contribution in [1.82, 2.24) is 4.90 Å². The fourth-order valence-electron chi connectivity index (χ4n) is 2.21. The maximum Gasteiger partial charge on any atom is 0.410 e. The van der Waals surface area contributed by atoms with Crippen LogP contribution in [0, 0.1) is 0 Å². The van der Waals surface area contributed by atoms with Gasteiger partial charge in [0.25, 0.3) is 0 Å². The maximum atomic E-state index is 13.8. The van der Waals surface area contributed by atoms with E-state index in [0.717, 1.165) is 11.3 Å². The second-order valence-electron chi connectivity index (χ2n) is 5.20. The fourth-order valence-corrected chi connectivity index (χ4v) is 2.21. The van der Waals surface area contributed by atoms with Crippen LogP contribution in [0.4, 0.5) is 9.18 Å². The number of carbonyl (C=O) groups excluding carboxylic acids is 1. The molecule has 0 aromatic heterocycles. The predicted octanol–water partition coefficient (Wildman–Crippen LogP) is 2.13. The Morgan fingerprint density at radius 1 is 1.33 bits per heavy atom. The highest BCUT2D eigenvalue weighted by Gasteiger charge is 2.35. The van der Waals surface area contributed by atoms with Gasteiger partial charge in [0.2, 0.25) is 0 Å². The molecule has 6 heteroatoms. The molecule has 0 saturated carbocycles. The van der Waals surface area contributed by atoms with Crippen LogP contribution in [-0.2, 0) is 11.3 Å². The minimum absolute atomic E-state index is 0.140. The molecule has 0 radical (unpaired) electrons. The number of hydrogen-bond acceptors (Lipinski definition) is 4. The number of alkyl halides is 1. The first-order valence-corrected chi connectivity index (χ1v) is 6.91. The molecule has 0 atom stereocenters. The summed E-state index contributed by atoms with van der Waals surface area (Å²) in [6, 6.07) is 7.23. The number of nitrogens with zero attached hydrogens (tertiary/aromatic N) is 1. The van der Waals surface area contributed by atoms with Gasteiger partial charge in [0.05, 0.1) is 13.7 Å². The SMILES string of the molecule is COc1ccc(COC(=O)N2CCC(F)(CO)CC2)cc1. The van der Waals surface area contributed by atoms with Crippen molar-refractivity contribution in [3.05, 3.63) is 29.8 Å². The molecule has 2 rings (SSSR count). The normalized spacial score (nSPS) is 17.4. The first kappa shape index (κ1) is 15.6. The van der Waals surface area contributed by atoms with E-state index in [9.17, 15) is 9.18 Å². The molecule has 21 heavy (non-hydrogen) atoms. The van der Waals surface area contributed by atoms with Crippen molar-refractivity contribution in [2.45, 2.75) is 25.1 Å². The summed E-state index contributed by atoms with van der Waals surface area (Å²) in [5.74, 6) is 0.740. The summed E-state index contributed by atoms with van der Waals surface area (Å²) in [5, 5.41) is 8.95. The average molecular weight is 297 g/mol. The number of rotatable bonds is 4. The number of likely N-dealkylation sites (tertiary alicyclic amines) is 1. The first-order valence-electron chi connectivity index (χ1n) is 6.91. The number of aliphatic hydroxyl groups excluding tert-OH is 1. The summed E-state index contributed by atoms with van der Waals surface area (Å²) in [6.07, 6.45) is -0.173. The number of ether oxygens (including phenoxy) is 2. The van der Waals surface area contributed by atoms with Crippen LogP contribution in [0.15, 0.2) is 24.3 Å². The molecule has 1 N–H and O–H groups in total. The van der Waals surface area contributed by atoms with Gasteiger partial charge in [0.15, 0.2) is 0 Å². The Balaban J connectivity index is 1.79. The lowest BCUT2D eigenvalue weighted by atomic mass is 9.95. The molecule has 1 aromatic rings. The molecular weight excluding hydrogens is 277 g/mol. The Morgan fingerprint density at radius 3 is 2.48 bits per heavy atom. The van der Waals surface area contributed by atoms with Gasteiger partial charge in [0.1, 0.15) is 18.0 Å². The summed E-state index contributed by atoms with van der Waals surface area (Å²) in [6.45, 7) is 0.193.